The Balaban J connectivity index is 2.38. The second-order valence-corrected chi connectivity index (χ2v) is 3.91. The summed E-state index contributed by atoms with van der Waals surface area (Å²) in [6, 6.07) is 0. The molecule has 0 atom stereocenters. The average molecular weight is 251 g/mol. The molecule has 2 N–H and O–H groups in total. The van der Waals surface area contributed by atoms with Crippen LogP contribution in [0.15, 0.2) is 0 Å². The molecule has 5 nitrogen and oxygen atoms in total. The smallest absolute Gasteiger partial charge is 0.251 e. The Morgan fingerprint density at radius 1 is 1.41 bits per heavy atom. The highest BCUT2D eigenvalue weighted by Crippen LogP contribution is 2.02. The number of carbonyl (C=O) groups excluding carboxylic acids is 1. The third kappa shape index (κ3) is 5.38. The molecule has 1 heterocycles. The molecule has 1 rings (SSSR count). The molecule has 0 saturated carbocycles. The summed E-state index contributed by atoms with van der Waals surface area (Å²) in [6.45, 7) is 2.25. The summed E-state index contributed by atoms with van der Waals surface area (Å²) >= 11 is 0. The SMILES string of the molecule is NCCN(CC(=O)N1CCOCC1)CC(F)F. The fraction of sp³-hybridized carbons (Fsp3) is 0.900. The van der Waals surface area contributed by atoms with Gasteiger partial charge in [0.25, 0.3) is 6.43 Å². The third-order valence-corrected chi connectivity index (χ3v) is 2.56. The van der Waals surface area contributed by atoms with E-state index in [0.29, 0.717) is 32.8 Å². The first-order chi connectivity index (χ1) is 8.13. The second kappa shape index (κ2) is 7.52. The Labute approximate surface area is 99.5 Å². The maximum atomic E-state index is 12.3. The summed E-state index contributed by atoms with van der Waals surface area (Å²) in [5.74, 6) is -0.137. The maximum absolute atomic E-state index is 12.3. The molecule has 0 aromatic rings. The molecule has 7 heteroatoms. The monoisotopic (exact) mass is 251 g/mol. The van der Waals surface area contributed by atoms with Gasteiger partial charge >= 0.3 is 0 Å². The van der Waals surface area contributed by atoms with Crippen molar-refractivity contribution in [2.24, 2.45) is 5.73 Å². The van der Waals surface area contributed by atoms with Gasteiger partial charge in [-0.25, -0.2) is 8.78 Å². The summed E-state index contributed by atoms with van der Waals surface area (Å²) in [6.07, 6.45) is -2.45. The number of hydrogen-bond acceptors (Lipinski definition) is 4. The summed E-state index contributed by atoms with van der Waals surface area (Å²) in [7, 11) is 0. The number of halogens is 2. The standard InChI is InChI=1S/C10H19F2N3O2/c11-9(12)7-14(2-1-13)8-10(16)15-3-5-17-6-4-15/h9H,1-8,13H2. The minimum atomic E-state index is -2.45. The number of nitrogens with two attached hydrogens (primary N) is 1. The van der Waals surface area contributed by atoms with Crippen LogP contribution in [0.2, 0.25) is 0 Å². The quantitative estimate of drug-likeness (QED) is 0.683. The molecule has 0 radical (unpaired) electrons. The van der Waals surface area contributed by atoms with E-state index in [-0.39, 0.29) is 19.0 Å². The van der Waals surface area contributed by atoms with Gasteiger partial charge in [0.05, 0.1) is 26.3 Å². The maximum Gasteiger partial charge on any atom is 0.251 e. The fourth-order valence-electron chi connectivity index (χ4n) is 1.72. The van der Waals surface area contributed by atoms with Crippen molar-refractivity contribution in [3.8, 4) is 0 Å². The molecule has 0 aromatic heterocycles. The van der Waals surface area contributed by atoms with E-state index in [1.54, 1.807) is 4.90 Å². The molecule has 0 bridgehead atoms. The van der Waals surface area contributed by atoms with E-state index in [9.17, 15) is 13.6 Å². The van der Waals surface area contributed by atoms with Crippen LogP contribution in [-0.2, 0) is 9.53 Å². The molecule has 17 heavy (non-hydrogen) atoms. The van der Waals surface area contributed by atoms with Crippen molar-refractivity contribution in [1.29, 1.82) is 0 Å². The van der Waals surface area contributed by atoms with Crippen LogP contribution in [0.1, 0.15) is 0 Å². The number of ether oxygens (including phenoxy) is 1. The largest absolute Gasteiger partial charge is 0.378 e. The van der Waals surface area contributed by atoms with E-state index in [2.05, 4.69) is 0 Å². The molecular formula is C10H19F2N3O2. The van der Waals surface area contributed by atoms with Crippen molar-refractivity contribution in [3.63, 3.8) is 0 Å². The molecule has 0 unspecified atom stereocenters. The van der Waals surface area contributed by atoms with Crippen LogP contribution in [0.4, 0.5) is 8.78 Å². The first kappa shape index (κ1) is 14.3. The van der Waals surface area contributed by atoms with E-state index in [1.165, 1.54) is 4.90 Å². The molecule has 1 saturated heterocycles. The Morgan fingerprint density at radius 3 is 2.59 bits per heavy atom. The Bertz CT molecular complexity index is 236. The lowest BCUT2D eigenvalue weighted by Crippen LogP contribution is -2.47. The van der Waals surface area contributed by atoms with Gasteiger partial charge in [-0.1, -0.05) is 0 Å². The minimum Gasteiger partial charge on any atom is -0.378 e. The number of alkyl halides is 2. The van der Waals surface area contributed by atoms with Gasteiger partial charge in [-0.2, -0.15) is 0 Å². The molecule has 0 aromatic carbocycles. The average Bonchev–Trinajstić information content (AvgIpc) is 2.29. The van der Waals surface area contributed by atoms with Crippen LogP contribution in [0.5, 0.6) is 0 Å². The predicted molar refractivity (Wildman–Crippen MR) is 58.9 cm³/mol. The Kier molecular flexibility index (Phi) is 6.31. The zero-order chi connectivity index (χ0) is 12.7. The molecule has 0 spiro atoms. The minimum absolute atomic E-state index is 0.00153. The van der Waals surface area contributed by atoms with Crippen molar-refractivity contribution < 1.29 is 18.3 Å². The third-order valence-electron chi connectivity index (χ3n) is 2.56. The first-order valence-electron chi connectivity index (χ1n) is 5.69. The van der Waals surface area contributed by atoms with E-state index in [1.807, 2.05) is 0 Å². The summed E-state index contributed by atoms with van der Waals surface area (Å²) < 4.78 is 29.7. The number of morpholine rings is 1. The normalized spacial score (nSPS) is 16.9. The molecule has 1 fully saturated rings. The van der Waals surface area contributed by atoms with Crippen molar-refractivity contribution in [2.45, 2.75) is 6.43 Å². The fourth-order valence-corrected chi connectivity index (χ4v) is 1.72. The first-order valence-corrected chi connectivity index (χ1v) is 5.69. The van der Waals surface area contributed by atoms with Crippen molar-refractivity contribution >= 4 is 5.91 Å². The molecule has 1 aliphatic rings. The van der Waals surface area contributed by atoms with Crippen LogP contribution in [-0.4, -0.2) is 74.6 Å². The summed E-state index contributed by atoms with van der Waals surface area (Å²) in [5.41, 5.74) is 5.33. The van der Waals surface area contributed by atoms with Gasteiger partial charge in [-0.15, -0.1) is 0 Å². The van der Waals surface area contributed by atoms with Gasteiger partial charge in [0, 0.05) is 26.2 Å². The molecule has 1 aliphatic heterocycles. The zero-order valence-corrected chi connectivity index (χ0v) is 9.78. The van der Waals surface area contributed by atoms with Gasteiger partial charge in [0.2, 0.25) is 5.91 Å². The molecule has 100 valence electrons. The second-order valence-electron chi connectivity index (χ2n) is 3.91. The predicted octanol–water partition coefficient (Wildman–Crippen LogP) is -0.629. The number of amides is 1. The highest BCUT2D eigenvalue weighted by Gasteiger charge is 2.20. The van der Waals surface area contributed by atoms with E-state index in [4.69, 9.17) is 10.5 Å². The number of carbonyl (C=O) groups is 1. The van der Waals surface area contributed by atoms with E-state index < -0.39 is 13.0 Å². The lowest BCUT2D eigenvalue weighted by atomic mass is 10.3. The van der Waals surface area contributed by atoms with Crippen LogP contribution >= 0.6 is 0 Å². The van der Waals surface area contributed by atoms with Gasteiger partial charge in [0.1, 0.15) is 0 Å². The van der Waals surface area contributed by atoms with E-state index in [0.717, 1.165) is 0 Å². The van der Waals surface area contributed by atoms with E-state index >= 15 is 0 Å². The zero-order valence-electron chi connectivity index (χ0n) is 9.78. The Morgan fingerprint density at radius 2 is 2.06 bits per heavy atom. The van der Waals surface area contributed by atoms with Gasteiger partial charge in [-0.05, 0) is 0 Å². The van der Waals surface area contributed by atoms with Crippen molar-refractivity contribution in [3.05, 3.63) is 0 Å². The number of nitrogens with zero attached hydrogens (tertiary/aromatic N) is 2. The lowest BCUT2D eigenvalue weighted by molar-refractivity contribution is -0.136. The molecule has 1 amide bonds. The topological polar surface area (TPSA) is 58.8 Å². The molecule has 0 aliphatic carbocycles. The summed E-state index contributed by atoms with van der Waals surface area (Å²) in [4.78, 5) is 14.8. The highest BCUT2D eigenvalue weighted by molar-refractivity contribution is 5.78. The Hall–Kier alpha value is -0.790. The van der Waals surface area contributed by atoms with Crippen LogP contribution < -0.4 is 5.73 Å². The number of rotatable bonds is 6. The van der Waals surface area contributed by atoms with Crippen LogP contribution in [0.25, 0.3) is 0 Å². The van der Waals surface area contributed by atoms with Gasteiger partial charge in [0.15, 0.2) is 0 Å². The van der Waals surface area contributed by atoms with Gasteiger partial charge in [-0.3, -0.25) is 9.69 Å². The highest BCUT2D eigenvalue weighted by atomic mass is 19.3. The summed E-state index contributed by atoms with van der Waals surface area (Å²) in [5, 5.41) is 0. The van der Waals surface area contributed by atoms with Crippen molar-refractivity contribution in [2.75, 3.05) is 52.5 Å². The van der Waals surface area contributed by atoms with Crippen LogP contribution in [0, 0.1) is 0 Å². The number of hydrogen-bond donors (Lipinski definition) is 1. The van der Waals surface area contributed by atoms with Crippen LogP contribution in [0.3, 0.4) is 0 Å². The van der Waals surface area contributed by atoms with Crippen molar-refractivity contribution in [1.82, 2.24) is 9.80 Å². The lowest BCUT2D eigenvalue weighted by Gasteiger charge is -2.29. The van der Waals surface area contributed by atoms with Gasteiger partial charge < -0.3 is 15.4 Å². The molecular weight excluding hydrogens is 232 g/mol.